The van der Waals surface area contributed by atoms with Crippen molar-refractivity contribution in [1.82, 2.24) is 9.80 Å². The van der Waals surface area contributed by atoms with Crippen molar-refractivity contribution in [2.75, 3.05) is 19.7 Å². The Morgan fingerprint density at radius 1 is 1.14 bits per heavy atom. The van der Waals surface area contributed by atoms with Gasteiger partial charge in [-0.15, -0.1) is 11.3 Å². The van der Waals surface area contributed by atoms with E-state index in [4.69, 9.17) is 16.3 Å². The molecule has 2 heterocycles. The average Bonchev–Trinajstić information content (AvgIpc) is 3.57. The second-order valence-electron chi connectivity index (χ2n) is 9.41. The van der Waals surface area contributed by atoms with Crippen molar-refractivity contribution >= 4 is 34.8 Å². The Hall–Kier alpha value is -2.83. The summed E-state index contributed by atoms with van der Waals surface area (Å²) in [4.78, 5) is 31.9. The number of halogens is 1. The van der Waals surface area contributed by atoms with Gasteiger partial charge < -0.3 is 14.5 Å². The van der Waals surface area contributed by atoms with Gasteiger partial charge >= 0.3 is 0 Å². The molecule has 0 unspecified atom stereocenters. The van der Waals surface area contributed by atoms with Gasteiger partial charge in [-0.25, -0.2) is 0 Å². The van der Waals surface area contributed by atoms with Crippen LogP contribution < -0.4 is 4.74 Å². The zero-order valence-corrected chi connectivity index (χ0v) is 21.6. The molecule has 1 saturated carbocycles. The fourth-order valence-corrected chi connectivity index (χ4v) is 5.90. The minimum Gasteiger partial charge on any atom is -0.491 e. The molecule has 5 nitrogen and oxygen atoms in total. The molecular formula is C28H29ClN2O3S. The highest BCUT2D eigenvalue weighted by Crippen LogP contribution is 2.35. The first-order chi connectivity index (χ1) is 16.9. The van der Waals surface area contributed by atoms with Crippen LogP contribution in [0.1, 0.15) is 50.8 Å². The van der Waals surface area contributed by atoms with Gasteiger partial charge in [-0.1, -0.05) is 35.4 Å². The first-order valence-electron chi connectivity index (χ1n) is 12.0. The lowest BCUT2D eigenvalue weighted by atomic mass is 10.00. The van der Waals surface area contributed by atoms with E-state index in [1.165, 1.54) is 10.4 Å². The first kappa shape index (κ1) is 23.9. The first-order valence-corrected chi connectivity index (χ1v) is 13.3. The van der Waals surface area contributed by atoms with Crippen molar-refractivity contribution in [1.29, 1.82) is 0 Å². The molecule has 0 radical (unpaired) electrons. The third-order valence-electron chi connectivity index (χ3n) is 6.77. The number of fused-ring (bicyclic) bond motifs is 1. The molecule has 0 N–H and O–H groups in total. The van der Waals surface area contributed by atoms with Gasteiger partial charge in [0.2, 0.25) is 5.91 Å². The minimum absolute atomic E-state index is 0.0432. The van der Waals surface area contributed by atoms with Gasteiger partial charge in [0.1, 0.15) is 18.9 Å². The molecule has 1 aliphatic carbocycles. The normalized spacial score (nSPS) is 17.1. The third-order valence-corrected chi connectivity index (χ3v) is 8.00. The van der Waals surface area contributed by atoms with E-state index in [1.54, 1.807) is 40.5 Å². The van der Waals surface area contributed by atoms with E-state index < -0.39 is 0 Å². The van der Waals surface area contributed by atoms with Crippen LogP contribution in [0.2, 0.25) is 5.02 Å². The van der Waals surface area contributed by atoms with Gasteiger partial charge in [-0.3, -0.25) is 9.59 Å². The number of hydrogen-bond donors (Lipinski definition) is 0. The molecule has 2 aliphatic rings. The number of carbonyl (C=O) groups excluding carboxylic acids is 2. The number of rotatable bonds is 7. The highest BCUT2D eigenvalue weighted by molar-refractivity contribution is 7.10. The number of thiophene rings is 1. The van der Waals surface area contributed by atoms with E-state index in [1.807, 2.05) is 24.0 Å². The Bertz CT molecular complexity index is 1250. The lowest BCUT2D eigenvalue weighted by Gasteiger charge is -2.37. The van der Waals surface area contributed by atoms with Crippen LogP contribution in [0.25, 0.3) is 0 Å². The summed E-state index contributed by atoms with van der Waals surface area (Å²) in [5.74, 6) is 0.652. The van der Waals surface area contributed by atoms with Gasteiger partial charge in [0.25, 0.3) is 5.91 Å². The van der Waals surface area contributed by atoms with Crippen LogP contribution in [-0.2, 0) is 11.2 Å². The standard InChI is InChI=1S/C28H29ClN2O3S/c1-18-6-9-25(19(2)14-18)34-17-24-23-11-13-35-26(23)10-12-30(24)27(32)16-31(22-7-8-22)28(33)20-4-3-5-21(29)15-20/h3-6,9,11,13-15,22,24H,7-8,10,12,16-17H2,1-2H3/t24-/m1/s1. The van der Waals surface area contributed by atoms with E-state index in [2.05, 4.69) is 24.4 Å². The largest absolute Gasteiger partial charge is 0.491 e. The minimum atomic E-state index is -0.180. The van der Waals surface area contributed by atoms with Crippen molar-refractivity contribution in [3.05, 3.63) is 86.1 Å². The summed E-state index contributed by atoms with van der Waals surface area (Å²) >= 11 is 7.85. The summed E-state index contributed by atoms with van der Waals surface area (Å²) in [6.07, 6.45) is 2.67. The van der Waals surface area contributed by atoms with Crippen molar-refractivity contribution in [2.24, 2.45) is 0 Å². The molecule has 2 amide bonds. The summed E-state index contributed by atoms with van der Waals surface area (Å²) in [7, 11) is 0. The van der Waals surface area contributed by atoms with Crippen LogP contribution in [0.4, 0.5) is 0 Å². The average molecular weight is 509 g/mol. The Kier molecular flexibility index (Phi) is 6.85. The topological polar surface area (TPSA) is 49.9 Å². The predicted octanol–water partition coefficient (Wildman–Crippen LogP) is 5.83. The summed E-state index contributed by atoms with van der Waals surface area (Å²) in [5.41, 5.74) is 3.94. The molecule has 2 aromatic carbocycles. The summed E-state index contributed by atoms with van der Waals surface area (Å²) in [6.45, 7) is 5.17. The molecule has 5 rings (SSSR count). The lowest BCUT2D eigenvalue weighted by Crippen LogP contribution is -2.48. The van der Waals surface area contributed by atoms with E-state index in [0.29, 0.717) is 23.7 Å². The van der Waals surface area contributed by atoms with Crippen LogP contribution in [0, 0.1) is 13.8 Å². The molecule has 0 spiro atoms. The Labute approximate surface area is 215 Å². The molecule has 35 heavy (non-hydrogen) atoms. The maximum Gasteiger partial charge on any atom is 0.254 e. The van der Waals surface area contributed by atoms with E-state index in [9.17, 15) is 9.59 Å². The predicted molar refractivity (Wildman–Crippen MR) is 139 cm³/mol. The number of benzene rings is 2. The SMILES string of the molecule is Cc1ccc(OC[C@@H]2c3ccsc3CCN2C(=O)CN(C(=O)c2cccc(Cl)c2)C2CC2)c(C)c1. The van der Waals surface area contributed by atoms with Gasteiger partial charge in [-0.05, 0) is 79.9 Å². The molecule has 0 bridgehead atoms. The fourth-order valence-electron chi connectivity index (χ4n) is 4.78. The molecule has 3 aromatic rings. The summed E-state index contributed by atoms with van der Waals surface area (Å²) in [6, 6.07) is 15.1. The smallest absolute Gasteiger partial charge is 0.254 e. The number of nitrogens with zero attached hydrogens (tertiary/aromatic N) is 2. The summed E-state index contributed by atoms with van der Waals surface area (Å²) < 4.78 is 6.25. The number of ether oxygens (including phenoxy) is 1. The maximum atomic E-state index is 13.7. The van der Waals surface area contributed by atoms with Gasteiger partial charge in [0.05, 0.1) is 6.04 Å². The zero-order valence-electron chi connectivity index (χ0n) is 20.0. The van der Waals surface area contributed by atoms with E-state index in [-0.39, 0.29) is 30.4 Å². The molecule has 182 valence electrons. The van der Waals surface area contributed by atoms with Crippen LogP contribution in [0.15, 0.2) is 53.9 Å². The van der Waals surface area contributed by atoms with Crippen LogP contribution in [-0.4, -0.2) is 47.4 Å². The van der Waals surface area contributed by atoms with Crippen molar-refractivity contribution in [2.45, 2.75) is 45.2 Å². The molecule has 0 saturated heterocycles. The third kappa shape index (κ3) is 5.24. The lowest BCUT2D eigenvalue weighted by molar-refractivity contribution is -0.135. The number of carbonyl (C=O) groups is 2. The van der Waals surface area contributed by atoms with E-state index >= 15 is 0 Å². The van der Waals surface area contributed by atoms with Crippen molar-refractivity contribution in [3.63, 3.8) is 0 Å². The molecule has 1 aliphatic heterocycles. The maximum absolute atomic E-state index is 13.7. The number of hydrogen-bond acceptors (Lipinski definition) is 4. The van der Waals surface area contributed by atoms with Gasteiger partial charge in [-0.2, -0.15) is 0 Å². The Balaban J connectivity index is 1.35. The fraction of sp³-hybridized carbons (Fsp3) is 0.357. The van der Waals surface area contributed by atoms with Gasteiger partial charge in [0.15, 0.2) is 0 Å². The van der Waals surface area contributed by atoms with E-state index in [0.717, 1.165) is 36.1 Å². The molecule has 1 fully saturated rings. The highest BCUT2D eigenvalue weighted by Gasteiger charge is 2.38. The highest BCUT2D eigenvalue weighted by atomic mass is 35.5. The monoisotopic (exact) mass is 508 g/mol. The number of aryl methyl sites for hydroxylation is 2. The molecular weight excluding hydrogens is 480 g/mol. The molecule has 1 atom stereocenters. The van der Waals surface area contributed by atoms with Crippen LogP contribution in [0.5, 0.6) is 5.75 Å². The zero-order chi connectivity index (χ0) is 24.5. The number of amides is 2. The Morgan fingerprint density at radius 3 is 2.71 bits per heavy atom. The quantitative estimate of drug-likeness (QED) is 0.403. The van der Waals surface area contributed by atoms with Gasteiger partial charge in [0, 0.05) is 28.0 Å². The molecule has 1 aromatic heterocycles. The Morgan fingerprint density at radius 2 is 1.97 bits per heavy atom. The van der Waals surface area contributed by atoms with Crippen LogP contribution in [0.3, 0.4) is 0 Å². The van der Waals surface area contributed by atoms with Crippen LogP contribution >= 0.6 is 22.9 Å². The second-order valence-corrected chi connectivity index (χ2v) is 10.8. The second kappa shape index (κ2) is 10.0. The van der Waals surface area contributed by atoms with Crippen molar-refractivity contribution < 1.29 is 14.3 Å². The summed E-state index contributed by atoms with van der Waals surface area (Å²) in [5, 5.41) is 2.60. The molecule has 7 heteroatoms. The van der Waals surface area contributed by atoms with Crippen molar-refractivity contribution in [3.8, 4) is 5.75 Å².